The van der Waals surface area contributed by atoms with Gasteiger partial charge in [0.15, 0.2) is 0 Å². The van der Waals surface area contributed by atoms with Gasteiger partial charge in [-0.15, -0.1) is 0 Å². The molecule has 2 aromatic carbocycles. The number of halogens is 1. The fourth-order valence-corrected chi connectivity index (χ4v) is 3.40. The highest BCUT2D eigenvalue weighted by Crippen LogP contribution is 2.15. The molecule has 0 aliphatic rings. The van der Waals surface area contributed by atoms with Crippen LogP contribution in [0.5, 0.6) is 0 Å². The lowest BCUT2D eigenvalue weighted by Gasteiger charge is -2.17. The van der Waals surface area contributed by atoms with Crippen molar-refractivity contribution in [3.8, 4) is 0 Å². The number of sulfonamides is 1. The van der Waals surface area contributed by atoms with Crippen molar-refractivity contribution in [2.45, 2.75) is 13.0 Å². The summed E-state index contributed by atoms with van der Waals surface area (Å²) in [4.78, 5) is 11.9. The molecule has 0 aliphatic heterocycles. The summed E-state index contributed by atoms with van der Waals surface area (Å²) in [5.41, 5.74) is 1.44. The number of anilines is 1. The third-order valence-corrected chi connectivity index (χ3v) is 5.45. The molecule has 0 saturated carbocycles. The van der Waals surface area contributed by atoms with Crippen LogP contribution in [0.25, 0.3) is 0 Å². The van der Waals surface area contributed by atoms with E-state index in [4.69, 9.17) is 11.6 Å². The highest BCUT2D eigenvalue weighted by molar-refractivity contribution is 7.89. The molecule has 5 nitrogen and oxygen atoms in total. The van der Waals surface area contributed by atoms with Gasteiger partial charge in [0, 0.05) is 30.7 Å². The largest absolute Gasteiger partial charge is 0.326 e. The molecule has 0 heterocycles. The summed E-state index contributed by atoms with van der Waals surface area (Å²) in [6, 6.07) is 16.0. The lowest BCUT2D eigenvalue weighted by Crippen LogP contribution is -2.30. The first kappa shape index (κ1) is 18.4. The average molecular weight is 367 g/mol. The minimum absolute atomic E-state index is 0.117. The second-order valence-corrected chi connectivity index (χ2v) is 8.00. The maximum Gasteiger partial charge on any atom is 0.225 e. The normalized spacial score (nSPS) is 11.5. The Bertz CT molecular complexity index is 794. The van der Waals surface area contributed by atoms with Crippen molar-refractivity contribution in [3.05, 3.63) is 65.2 Å². The van der Waals surface area contributed by atoms with Gasteiger partial charge in [0.2, 0.25) is 15.9 Å². The van der Waals surface area contributed by atoms with E-state index in [2.05, 4.69) is 5.32 Å². The molecular weight excluding hydrogens is 348 g/mol. The number of benzene rings is 2. The van der Waals surface area contributed by atoms with E-state index in [0.29, 0.717) is 10.7 Å². The van der Waals surface area contributed by atoms with Crippen molar-refractivity contribution < 1.29 is 13.2 Å². The topological polar surface area (TPSA) is 66.5 Å². The Morgan fingerprint density at radius 3 is 2.50 bits per heavy atom. The summed E-state index contributed by atoms with van der Waals surface area (Å²) in [5.74, 6) is -0.614. The van der Waals surface area contributed by atoms with Gasteiger partial charge in [-0.3, -0.25) is 4.79 Å². The van der Waals surface area contributed by atoms with Crippen LogP contribution in [0.4, 0.5) is 5.69 Å². The number of nitrogens with zero attached hydrogens (tertiary/aromatic N) is 1. The summed E-state index contributed by atoms with van der Waals surface area (Å²) < 4.78 is 25.8. The first-order chi connectivity index (χ1) is 11.4. The molecule has 0 bridgehead atoms. The van der Waals surface area contributed by atoms with Gasteiger partial charge in [-0.1, -0.05) is 48.0 Å². The first-order valence-corrected chi connectivity index (χ1v) is 9.39. The Kier molecular flexibility index (Phi) is 6.36. The fourth-order valence-electron chi connectivity index (χ4n) is 2.11. The van der Waals surface area contributed by atoms with Crippen LogP contribution in [-0.2, 0) is 21.4 Å². The molecule has 0 atom stereocenters. The van der Waals surface area contributed by atoms with Crippen LogP contribution < -0.4 is 5.32 Å². The monoisotopic (exact) mass is 366 g/mol. The summed E-state index contributed by atoms with van der Waals surface area (Å²) in [6.45, 7) is 0.277. The fraction of sp³-hybridized carbons (Fsp3) is 0.235. The van der Waals surface area contributed by atoms with E-state index in [1.165, 1.54) is 11.4 Å². The molecule has 0 aromatic heterocycles. The lowest BCUT2D eigenvalue weighted by molar-refractivity contribution is -0.115. The molecule has 1 N–H and O–H groups in total. The Labute approximate surface area is 147 Å². The third-order valence-electron chi connectivity index (χ3n) is 3.42. The third kappa shape index (κ3) is 5.63. The molecule has 128 valence electrons. The standard InChI is InChI=1S/C17H19ClN2O3S/c1-20(13-14-6-3-2-4-7-14)24(22,23)11-10-17(21)19-16-9-5-8-15(18)12-16/h2-9,12H,10-11,13H2,1H3,(H,19,21). The van der Waals surface area contributed by atoms with Crippen molar-refractivity contribution in [3.63, 3.8) is 0 Å². The van der Waals surface area contributed by atoms with Crippen LogP contribution in [-0.4, -0.2) is 31.4 Å². The number of nitrogens with one attached hydrogen (secondary N) is 1. The molecule has 0 radical (unpaired) electrons. The molecular formula is C17H19ClN2O3S. The summed E-state index contributed by atoms with van der Waals surface area (Å²) >= 11 is 5.84. The SMILES string of the molecule is CN(Cc1ccccc1)S(=O)(=O)CCC(=O)Nc1cccc(Cl)c1. The van der Waals surface area contributed by atoms with Gasteiger partial charge in [-0.25, -0.2) is 12.7 Å². The van der Waals surface area contributed by atoms with Crippen LogP contribution in [0.3, 0.4) is 0 Å². The van der Waals surface area contributed by atoms with Gasteiger partial charge < -0.3 is 5.32 Å². The number of carbonyl (C=O) groups is 1. The summed E-state index contributed by atoms with van der Waals surface area (Å²) in [6.07, 6.45) is -0.117. The molecule has 2 rings (SSSR count). The van der Waals surface area contributed by atoms with Gasteiger partial charge in [-0.05, 0) is 23.8 Å². The highest BCUT2D eigenvalue weighted by atomic mass is 35.5. The van der Waals surface area contributed by atoms with Crippen molar-refractivity contribution in [2.24, 2.45) is 0 Å². The van der Waals surface area contributed by atoms with Crippen LogP contribution in [0, 0.1) is 0 Å². The number of hydrogen-bond acceptors (Lipinski definition) is 3. The van der Waals surface area contributed by atoms with Crippen LogP contribution >= 0.6 is 11.6 Å². The predicted molar refractivity (Wildman–Crippen MR) is 96.4 cm³/mol. The molecule has 0 spiro atoms. The van der Waals surface area contributed by atoms with E-state index in [9.17, 15) is 13.2 Å². The smallest absolute Gasteiger partial charge is 0.225 e. The predicted octanol–water partition coefficient (Wildman–Crippen LogP) is 3.13. The molecule has 7 heteroatoms. The zero-order valence-corrected chi connectivity index (χ0v) is 14.8. The minimum atomic E-state index is -3.51. The maximum atomic E-state index is 12.3. The summed E-state index contributed by atoms with van der Waals surface area (Å²) in [5, 5.41) is 3.14. The number of hydrogen-bond donors (Lipinski definition) is 1. The number of rotatable bonds is 7. The van der Waals surface area contributed by atoms with E-state index in [1.807, 2.05) is 30.3 Å². The van der Waals surface area contributed by atoms with Gasteiger partial charge in [0.1, 0.15) is 0 Å². The van der Waals surface area contributed by atoms with Crippen LogP contribution in [0.2, 0.25) is 5.02 Å². The maximum absolute atomic E-state index is 12.3. The highest BCUT2D eigenvalue weighted by Gasteiger charge is 2.19. The Balaban J connectivity index is 1.88. The van der Waals surface area contributed by atoms with Gasteiger partial charge in [0.05, 0.1) is 5.75 Å². The van der Waals surface area contributed by atoms with E-state index in [-0.39, 0.29) is 24.6 Å². The number of carbonyl (C=O) groups excluding carboxylic acids is 1. The van der Waals surface area contributed by atoms with Crippen LogP contribution in [0.1, 0.15) is 12.0 Å². The zero-order valence-electron chi connectivity index (χ0n) is 13.3. The number of amides is 1. The quantitative estimate of drug-likeness (QED) is 0.818. The molecule has 0 unspecified atom stereocenters. The van der Waals surface area contributed by atoms with E-state index < -0.39 is 10.0 Å². The van der Waals surface area contributed by atoms with Crippen molar-refractivity contribution in [2.75, 3.05) is 18.1 Å². The van der Waals surface area contributed by atoms with E-state index >= 15 is 0 Å². The van der Waals surface area contributed by atoms with E-state index in [1.54, 1.807) is 24.3 Å². The minimum Gasteiger partial charge on any atom is -0.326 e. The molecule has 0 fully saturated rings. The van der Waals surface area contributed by atoms with Crippen molar-refractivity contribution in [1.82, 2.24) is 4.31 Å². The first-order valence-electron chi connectivity index (χ1n) is 7.40. The average Bonchev–Trinajstić information content (AvgIpc) is 2.54. The molecule has 2 aromatic rings. The van der Waals surface area contributed by atoms with Crippen LogP contribution in [0.15, 0.2) is 54.6 Å². The molecule has 1 amide bonds. The van der Waals surface area contributed by atoms with Gasteiger partial charge in [-0.2, -0.15) is 0 Å². The Morgan fingerprint density at radius 2 is 1.83 bits per heavy atom. The second kappa shape index (κ2) is 8.28. The Morgan fingerprint density at radius 1 is 1.12 bits per heavy atom. The second-order valence-electron chi connectivity index (χ2n) is 5.37. The zero-order chi connectivity index (χ0) is 17.6. The molecule has 24 heavy (non-hydrogen) atoms. The summed E-state index contributed by atoms with van der Waals surface area (Å²) in [7, 11) is -2.00. The molecule has 0 saturated heterocycles. The van der Waals surface area contributed by atoms with Gasteiger partial charge >= 0.3 is 0 Å². The van der Waals surface area contributed by atoms with Gasteiger partial charge in [0.25, 0.3) is 0 Å². The Hall–Kier alpha value is -1.89. The van der Waals surface area contributed by atoms with Crippen molar-refractivity contribution >= 4 is 33.2 Å². The molecule has 0 aliphatic carbocycles. The van der Waals surface area contributed by atoms with Crippen molar-refractivity contribution in [1.29, 1.82) is 0 Å². The lowest BCUT2D eigenvalue weighted by atomic mass is 10.2. The van der Waals surface area contributed by atoms with E-state index in [0.717, 1.165) is 5.56 Å².